The maximum Gasteiger partial charge on any atom is 0.216 e. The van der Waals surface area contributed by atoms with Gasteiger partial charge in [0.2, 0.25) is 5.69 Å². The second-order valence-electron chi connectivity index (χ2n) is 3.51. The van der Waals surface area contributed by atoms with Crippen molar-refractivity contribution < 1.29 is 9.52 Å². The topological polar surface area (TPSA) is 44.0 Å². The van der Waals surface area contributed by atoms with Gasteiger partial charge in [0, 0.05) is 23.8 Å². The molecule has 0 aliphatic heterocycles. The fourth-order valence-corrected chi connectivity index (χ4v) is 1.43. The molecule has 0 N–H and O–H groups in total. The number of aromatic nitrogens is 1. The zero-order valence-electron chi connectivity index (χ0n) is 9.11. The Hall–Kier alpha value is -2.42. The second-order valence-corrected chi connectivity index (χ2v) is 3.51. The van der Waals surface area contributed by atoms with Crippen molar-refractivity contribution in [2.75, 3.05) is 0 Å². The average molecular weight is 225 g/mol. The number of hydrogen-bond donors (Lipinski definition) is 0. The molecule has 0 fully saturated rings. The summed E-state index contributed by atoms with van der Waals surface area (Å²) in [5, 5.41) is 11.3. The predicted molar refractivity (Wildman–Crippen MR) is 65.2 cm³/mol. The van der Waals surface area contributed by atoms with E-state index in [9.17, 15) is 10.0 Å². The highest BCUT2D eigenvalue weighted by atomic mass is 16.5. The number of carbonyl (C=O) groups excluding carboxylic acids is 1. The molecule has 3 heteroatoms. The molecule has 0 aliphatic rings. The van der Waals surface area contributed by atoms with Crippen molar-refractivity contribution in [2.24, 2.45) is 0 Å². The standard InChI is InChI=1S/C14H11NO2/c16-14(12-6-2-1-3-7-12)10-9-13-8-4-5-11-15(13)17/h1-11H/b10-9-. The molecule has 3 nitrogen and oxygen atoms in total. The second kappa shape index (κ2) is 5.07. The Labute approximate surface area is 99.2 Å². The Morgan fingerprint density at radius 3 is 2.47 bits per heavy atom. The minimum Gasteiger partial charge on any atom is -0.618 e. The number of allylic oxidation sites excluding steroid dienone is 1. The van der Waals surface area contributed by atoms with Crippen LogP contribution in [0, 0.1) is 5.21 Å². The molecule has 1 aromatic heterocycles. The molecule has 0 radical (unpaired) electrons. The van der Waals surface area contributed by atoms with Crippen LogP contribution in [0.15, 0.2) is 60.8 Å². The number of nitrogens with zero attached hydrogens (tertiary/aromatic N) is 1. The van der Waals surface area contributed by atoms with E-state index < -0.39 is 0 Å². The summed E-state index contributed by atoms with van der Waals surface area (Å²) in [5.41, 5.74) is 1.05. The van der Waals surface area contributed by atoms with Crippen molar-refractivity contribution >= 4 is 11.9 Å². The molecule has 2 aromatic rings. The molecule has 1 heterocycles. The van der Waals surface area contributed by atoms with Crippen LogP contribution in [0.5, 0.6) is 0 Å². The third kappa shape index (κ3) is 2.78. The average Bonchev–Trinajstić information content (AvgIpc) is 2.38. The van der Waals surface area contributed by atoms with E-state index in [2.05, 4.69) is 0 Å². The molecule has 0 aliphatic carbocycles. The van der Waals surface area contributed by atoms with Gasteiger partial charge in [-0.2, -0.15) is 4.73 Å². The highest BCUT2D eigenvalue weighted by molar-refractivity contribution is 6.06. The minimum atomic E-state index is -0.116. The van der Waals surface area contributed by atoms with E-state index in [1.807, 2.05) is 6.07 Å². The lowest BCUT2D eigenvalue weighted by molar-refractivity contribution is -0.607. The smallest absolute Gasteiger partial charge is 0.216 e. The molecule has 0 unspecified atom stereocenters. The Bertz CT molecular complexity index is 547. The van der Waals surface area contributed by atoms with Gasteiger partial charge >= 0.3 is 0 Å². The zero-order chi connectivity index (χ0) is 12.1. The number of ketones is 1. The van der Waals surface area contributed by atoms with E-state index in [1.54, 1.807) is 42.5 Å². The van der Waals surface area contributed by atoms with Gasteiger partial charge in [-0.05, 0) is 12.1 Å². The van der Waals surface area contributed by atoms with Crippen molar-refractivity contribution in [3.05, 3.63) is 77.3 Å². The van der Waals surface area contributed by atoms with Gasteiger partial charge in [-0.1, -0.05) is 30.3 Å². The first-order valence-electron chi connectivity index (χ1n) is 5.23. The van der Waals surface area contributed by atoms with Gasteiger partial charge in [0.15, 0.2) is 12.0 Å². The Morgan fingerprint density at radius 2 is 1.76 bits per heavy atom. The molecule has 1 aromatic carbocycles. The van der Waals surface area contributed by atoms with Crippen molar-refractivity contribution in [1.82, 2.24) is 0 Å². The Balaban J connectivity index is 2.17. The van der Waals surface area contributed by atoms with Crippen molar-refractivity contribution in [2.45, 2.75) is 0 Å². The summed E-state index contributed by atoms with van der Waals surface area (Å²) in [6.07, 6.45) is 4.31. The van der Waals surface area contributed by atoms with E-state index in [0.717, 1.165) is 4.73 Å². The summed E-state index contributed by atoms with van der Waals surface area (Å²) in [6, 6.07) is 14.0. The van der Waals surface area contributed by atoms with Crippen LogP contribution in [0.25, 0.3) is 6.08 Å². The molecule has 0 saturated carbocycles. The van der Waals surface area contributed by atoms with Crippen LogP contribution >= 0.6 is 0 Å². The van der Waals surface area contributed by atoms with Gasteiger partial charge in [0.05, 0.1) is 0 Å². The quantitative estimate of drug-likeness (QED) is 0.348. The monoisotopic (exact) mass is 225 g/mol. The molecule has 84 valence electrons. The summed E-state index contributed by atoms with van der Waals surface area (Å²) in [7, 11) is 0. The Morgan fingerprint density at radius 1 is 1.06 bits per heavy atom. The predicted octanol–water partition coefficient (Wildman–Crippen LogP) is 2.22. The third-order valence-electron chi connectivity index (χ3n) is 2.32. The van der Waals surface area contributed by atoms with E-state index in [1.165, 1.54) is 18.3 Å². The number of pyridine rings is 1. The largest absolute Gasteiger partial charge is 0.618 e. The van der Waals surface area contributed by atoms with E-state index in [4.69, 9.17) is 0 Å². The highest BCUT2D eigenvalue weighted by Gasteiger charge is 2.02. The van der Waals surface area contributed by atoms with E-state index >= 15 is 0 Å². The molecule has 0 saturated heterocycles. The summed E-state index contributed by atoms with van der Waals surface area (Å²) in [5.74, 6) is -0.116. The molecular formula is C14H11NO2. The molecular weight excluding hydrogens is 214 g/mol. The van der Waals surface area contributed by atoms with Crippen LogP contribution in [0.4, 0.5) is 0 Å². The van der Waals surface area contributed by atoms with E-state index in [-0.39, 0.29) is 5.78 Å². The first-order chi connectivity index (χ1) is 8.27. The van der Waals surface area contributed by atoms with Gasteiger partial charge in [0.1, 0.15) is 0 Å². The third-order valence-corrected chi connectivity index (χ3v) is 2.32. The summed E-state index contributed by atoms with van der Waals surface area (Å²) >= 11 is 0. The highest BCUT2D eigenvalue weighted by Crippen LogP contribution is 2.02. The first kappa shape index (κ1) is 11.1. The van der Waals surface area contributed by atoms with Crippen LogP contribution < -0.4 is 4.73 Å². The summed E-state index contributed by atoms with van der Waals surface area (Å²) < 4.78 is 0.717. The normalized spacial score (nSPS) is 10.6. The molecule has 0 atom stereocenters. The molecule has 0 spiro atoms. The molecule has 17 heavy (non-hydrogen) atoms. The first-order valence-corrected chi connectivity index (χ1v) is 5.23. The fraction of sp³-hybridized carbons (Fsp3) is 0. The van der Waals surface area contributed by atoms with Crippen LogP contribution in [0.1, 0.15) is 16.1 Å². The van der Waals surface area contributed by atoms with Crippen molar-refractivity contribution in [3.63, 3.8) is 0 Å². The summed E-state index contributed by atoms with van der Waals surface area (Å²) in [6.45, 7) is 0. The van der Waals surface area contributed by atoms with Gasteiger partial charge in [0.25, 0.3) is 0 Å². The zero-order valence-corrected chi connectivity index (χ0v) is 9.11. The SMILES string of the molecule is O=C(/C=C\c1cccc[n+]1[O-])c1ccccc1. The molecule has 0 amide bonds. The lowest BCUT2D eigenvalue weighted by atomic mass is 10.1. The van der Waals surface area contributed by atoms with Crippen LogP contribution in [-0.4, -0.2) is 5.78 Å². The van der Waals surface area contributed by atoms with Crippen LogP contribution in [0.3, 0.4) is 0 Å². The van der Waals surface area contributed by atoms with Gasteiger partial charge < -0.3 is 5.21 Å². The van der Waals surface area contributed by atoms with Crippen molar-refractivity contribution in [3.8, 4) is 0 Å². The fourth-order valence-electron chi connectivity index (χ4n) is 1.43. The number of carbonyl (C=O) groups is 1. The van der Waals surface area contributed by atoms with Gasteiger partial charge in [-0.25, -0.2) is 0 Å². The van der Waals surface area contributed by atoms with Crippen LogP contribution in [-0.2, 0) is 0 Å². The molecule has 2 rings (SSSR count). The van der Waals surface area contributed by atoms with E-state index in [0.29, 0.717) is 11.3 Å². The lowest BCUT2D eigenvalue weighted by Gasteiger charge is -1.98. The van der Waals surface area contributed by atoms with Crippen LogP contribution in [0.2, 0.25) is 0 Å². The maximum atomic E-state index is 11.7. The lowest BCUT2D eigenvalue weighted by Crippen LogP contribution is -2.28. The minimum absolute atomic E-state index is 0.116. The van der Waals surface area contributed by atoms with Gasteiger partial charge in [-0.3, -0.25) is 4.79 Å². The Kier molecular flexibility index (Phi) is 3.31. The number of benzene rings is 1. The summed E-state index contributed by atoms with van der Waals surface area (Å²) in [4.78, 5) is 11.7. The number of hydrogen-bond acceptors (Lipinski definition) is 2. The number of rotatable bonds is 3. The maximum absolute atomic E-state index is 11.7. The molecule has 0 bridgehead atoms. The van der Waals surface area contributed by atoms with Crippen molar-refractivity contribution in [1.29, 1.82) is 0 Å². The van der Waals surface area contributed by atoms with Gasteiger partial charge in [-0.15, -0.1) is 0 Å².